The summed E-state index contributed by atoms with van der Waals surface area (Å²) < 4.78 is 28.6. The first-order valence-corrected chi connectivity index (χ1v) is 33.3. The van der Waals surface area contributed by atoms with Gasteiger partial charge in [0.2, 0.25) is 0 Å². The van der Waals surface area contributed by atoms with Crippen molar-refractivity contribution in [2.45, 2.75) is 366 Å². The van der Waals surface area contributed by atoms with Crippen LogP contribution in [0.3, 0.4) is 0 Å². The Morgan fingerprint density at radius 3 is 1.16 bits per heavy atom. The summed E-state index contributed by atoms with van der Waals surface area (Å²) in [5.41, 5.74) is 0. The average molecular weight is 1120 g/mol. The second-order valence-corrected chi connectivity index (χ2v) is 23.1. The third kappa shape index (κ3) is 45.4. The van der Waals surface area contributed by atoms with E-state index in [2.05, 4.69) is 45.1 Å². The number of hydrogen-bond donors (Lipinski definition) is 3. The summed E-state index contributed by atoms with van der Waals surface area (Å²) in [6.45, 7) is 6.02. The second kappa shape index (κ2) is 55.7. The predicted octanol–water partition coefficient (Wildman–Crippen LogP) is 17.8. The SMILES string of the molecule is CCCCC/C=C\C/C=C\CCCCCCCCCC(=O)OC(COC(=O)CCCCCCCCCCCCCCCCCCCCC)COC1OC(C(=O)O)C(O)C(O)C1OC(=O)CCCCCCCCCCCCCCC. The van der Waals surface area contributed by atoms with Gasteiger partial charge in [0, 0.05) is 19.3 Å². The summed E-state index contributed by atoms with van der Waals surface area (Å²) in [7, 11) is 0. The fraction of sp³-hybridized carbons (Fsp3) is 0.881. The van der Waals surface area contributed by atoms with Gasteiger partial charge in [-0.2, -0.15) is 0 Å². The maximum atomic E-state index is 13.2. The second-order valence-electron chi connectivity index (χ2n) is 23.1. The number of aliphatic hydroxyl groups is 2. The molecule has 0 bridgehead atoms. The zero-order chi connectivity index (χ0) is 57.5. The van der Waals surface area contributed by atoms with Gasteiger partial charge < -0.3 is 39.0 Å². The number of ether oxygens (including phenoxy) is 5. The first kappa shape index (κ1) is 74.2. The van der Waals surface area contributed by atoms with E-state index >= 15 is 0 Å². The number of allylic oxidation sites excluding steroid dienone is 4. The van der Waals surface area contributed by atoms with Gasteiger partial charge in [0.25, 0.3) is 0 Å². The highest BCUT2D eigenvalue weighted by Crippen LogP contribution is 2.27. The van der Waals surface area contributed by atoms with Crippen molar-refractivity contribution in [2.24, 2.45) is 0 Å². The van der Waals surface area contributed by atoms with Crippen molar-refractivity contribution in [3.8, 4) is 0 Å². The summed E-state index contributed by atoms with van der Waals surface area (Å²) in [6.07, 6.45) is 52.8. The minimum Gasteiger partial charge on any atom is -0.479 e. The maximum Gasteiger partial charge on any atom is 0.335 e. The van der Waals surface area contributed by atoms with E-state index < -0.39 is 67.3 Å². The van der Waals surface area contributed by atoms with Crippen molar-refractivity contribution in [3.05, 3.63) is 24.3 Å². The van der Waals surface area contributed by atoms with E-state index in [0.29, 0.717) is 19.3 Å². The summed E-state index contributed by atoms with van der Waals surface area (Å²) in [4.78, 5) is 51.3. The third-order valence-corrected chi connectivity index (χ3v) is 15.5. The molecule has 1 aliphatic rings. The molecule has 0 amide bonds. The average Bonchev–Trinajstić information content (AvgIpc) is 3.46. The Balaban J connectivity index is 2.63. The standard InChI is InChI=1S/C67H122O12/c1-4-7-10-13-16-19-22-25-27-29-30-32-33-36-38-41-44-47-50-53-59(68)75-56-58(77-60(69)54-51-48-45-42-40-37-34-31-28-26-23-20-17-14-11-8-5-2)57-76-67-65(63(72)62(71)64(79-67)66(73)74)78-61(70)55-52-49-46-43-39-35-24-21-18-15-12-9-6-3/h17,20,26,28,58,62-65,67,71-72H,4-16,18-19,21-25,27,29-57H2,1-3H3,(H,73,74)/b20-17-,28-26-. The molecule has 0 spiro atoms. The fourth-order valence-corrected chi connectivity index (χ4v) is 10.4. The molecule has 79 heavy (non-hydrogen) atoms. The Hall–Kier alpha value is -2.80. The summed E-state index contributed by atoms with van der Waals surface area (Å²) in [5.74, 6) is -3.09. The Bertz CT molecular complexity index is 1470. The number of carboxylic acid groups (broad SMARTS) is 1. The Morgan fingerprint density at radius 2 is 0.759 bits per heavy atom. The number of rotatable bonds is 58. The molecule has 12 nitrogen and oxygen atoms in total. The molecule has 6 atom stereocenters. The zero-order valence-electron chi connectivity index (χ0n) is 51.1. The summed E-state index contributed by atoms with van der Waals surface area (Å²) in [6, 6.07) is 0. The van der Waals surface area contributed by atoms with E-state index in [1.807, 2.05) is 0 Å². The van der Waals surface area contributed by atoms with Crippen LogP contribution in [0.25, 0.3) is 0 Å². The molecule has 6 unspecified atom stereocenters. The van der Waals surface area contributed by atoms with Crippen molar-refractivity contribution >= 4 is 23.9 Å². The van der Waals surface area contributed by atoms with Crippen LogP contribution < -0.4 is 0 Å². The smallest absolute Gasteiger partial charge is 0.335 e. The van der Waals surface area contributed by atoms with Crippen LogP contribution in [0.5, 0.6) is 0 Å². The monoisotopic (exact) mass is 1120 g/mol. The predicted molar refractivity (Wildman–Crippen MR) is 322 cm³/mol. The lowest BCUT2D eigenvalue weighted by Crippen LogP contribution is -2.61. The zero-order valence-corrected chi connectivity index (χ0v) is 51.1. The Morgan fingerprint density at radius 1 is 0.418 bits per heavy atom. The number of hydrogen-bond acceptors (Lipinski definition) is 11. The van der Waals surface area contributed by atoms with Gasteiger partial charge in [-0.3, -0.25) is 14.4 Å². The van der Waals surface area contributed by atoms with Crippen molar-refractivity contribution in [1.82, 2.24) is 0 Å². The van der Waals surface area contributed by atoms with Gasteiger partial charge in [0.15, 0.2) is 24.6 Å². The molecule has 1 aliphatic heterocycles. The van der Waals surface area contributed by atoms with Crippen LogP contribution in [-0.4, -0.2) is 89.2 Å². The van der Waals surface area contributed by atoms with E-state index in [-0.39, 0.29) is 25.9 Å². The van der Waals surface area contributed by atoms with Crippen molar-refractivity contribution in [2.75, 3.05) is 13.2 Å². The molecule has 12 heteroatoms. The highest BCUT2D eigenvalue weighted by Gasteiger charge is 2.50. The van der Waals surface area contributed by atoms with Gasteiger partial charge in [-0.15, -0.1) is 0 Å². The molecular weight excluding hydrogens is 997 g/mol. The molecule has 0 aromatic heterocycles. The molecule has 0 aliphatic carbocycles. The molecule has 3 N–H and O–H groups in total. The molecule has 1 fully saturated rings. The number of esters is 3. The van der Waals surface area contributed by atoms with Gasteiger partial charge in [-0.25, -0.2) is 4.79 Å². The number of carbonyl (C=O) groups is 4. The molecule has 1 saturated heterocycles. The minimum absolute atomic E-state index is 0.0665. The highest BCUT2D eigenvalue weighted by molar-refractivity contribution is 5.74. The van der Waals surface area contributed by atoms with E-state index in [9.17, 15) is 34.5 Å². The normalized spacial score (nSPS) is 17.9. The van der Waals surface area contributed by atoms with Gasteiger partial charge >= 0.3 is 23.9 Å². The van der Waals surface area contributed by atoms with Crippen LogP contribution in [0.15, 0.2) is 24.3 Å². The number of unbranched alkanes of at least 4 members (excludes halogenated alkanes) is 40. The van der Waals surface area contributed by atoms with Gasteiger partial charge in [-0.1, -0.05) is 283 Å². The molecule has 0 aromatic carbocycles. The lowest BCUT2D eigenvalue weighted by atomic mass is 9.98. The van der Waals surface area contributed by atoms with Gasteiger partial charge in [0.05, 0.1) is 6.61 Å². The molecule has 0 saturated carbocycles. The fourth-order valence-electron chi connectivity index (χ4n) is 10.4. The largest absolute Gasteiger partial charge is 0.479 e. The van der Waals surface area contributed by atoms with Crippen molar-refractivity contribution in [3.63, 3.8) is 0 Å². The Kier molecular flexibility index (Phi) is 52.3. The van der Waals surface area contributed by atoms with Gasteiger partial charge in [0.1, 0.15) is 18.8 Å². The van der Waals surface area contributed by atoms with Crippen LogP contribution in [0.1, 0.15) is 329 Å². The number of aliphatic hydroxyl groups excluding tert-OH is 2. The first-order valence-electron chi connectivity index (χ1n) is 33.3. The number of carbonyl (C=O) groups excluding carboxylic acids is 3. The van der Waals surface area contributed by atoms with Crippen LogP contribution in [0, 0.1) is 0 Å². The molecular formula is C67H122O12. The first-order chi connectivity index (χ1) is 38.6. The molecule has 462 valence electrons. The quantitative estimate of drug-likeness (QED) is 0.0228. The third-order valence-electron chi connectivity index (χ3n) is 15.5. The van der Waals surface area contributed by atoms with E-state index in [4.69, 9.17) is 23.7 Å². The highest BCUT2D eigenvalue weighted by atomic mass is 16.7. The molecule has 0 aromatic rings. The van der Waals surface area contributed by atoms with Crippen molar-refractivity contribution < 1.29 is 58.2 Å². The van der Waals surface area contributed by atoms with Crippen LogP contribution in [0.4, 0.5) is 0 Å². The van der Waals surface area contributed by atoms with E-state index in [1.165, 1.54) is 193 Å². The summed E-state index contributed by atoms with van der Waals surface area (Å²) in [5, 5.41) is 31.6. The number of aliphatic carboxylic acids is 1. The van der Waals surface area contributed by atoms with Gasteiger partial charge in [-0.05, 0) is 51.4 Å². The van der Waals surface area contributed by atoms with Crippen LogP contribution in [0.2, 0.25) is 0 Å². The van der Waals surface area contributed by atoms with Crippen LogP contribution in [-0.2, 0) is 42.9 Å². The Labute approximate surface area is 483 Å². The van der Waals surface area contributed by atoms with Crippen LogP contribution >= 0.6 is 0 Å². The maximum absolute atomic E-state index is 13.2. The van der Waals surface area contributed by atoms with Crippen molar-refractivity contribution in [1.29, 1.82) is 0 Å². The summed E-state index contributed by atoms with van der Waals surface area (Å²) >= 11 is 0. The molecule has 0 radical (unpaired) electrons. The molecule has 1 heterocycles. The lowest BCUT2D eigenvalue weighted by Gasteiger charge is -2.40. The minimum atomic E-state index is -1.90. The topological polar surface area (TPSA) is 175 Å². The lowest BCUT2D eigenvalue weighted by molar-refractivity contribution is -0.301. The van der Waals surface area contributed by atoms with E-state index in [1.54, 1.807) is 0 Å². The number of carboxylic acids is 1. The molecule has 1 rings (SSSR count). The van der Waals surface area contributed by atoms with E-state index in [0.717, 1.165) is 77.0 Å².